The molecule has 4 rings (SSSR count). The molecule has 3 saturated heterocycles. The number of rotatable bonds is 14. The topological polar surface area (TPSA) is 284 Å². The molecule has 3 aliphatic rings. The van der Waals surface area contributed by atoms with Crippen LogP contribution < -0.4 is 4.72 Å². The largest absolute Gasteiger partial charge is 0.394 e. The smallest absolute Gasteiger partial charge is 0.240 e. The van der Waals surface area contributed by atoms with Crippen molar-refractivity contribution in [1.82, 2.24) is 4.72 Å². The van der Waals surface area contributed by atoms with Crippen LogP contribution in [0.4, 0.5) is 0 Å². The van der Waals surface area contributed by atoms with Crippen molar-refractivity contribution in [3.05, 3.63) is 30.3 Å². The number of hydrogen-bond acceptors (Lipinski definition) is 17. The maximum atomic E-state index is 12.3. The summed E-state index contributed by atoms with van der Waals surface area (Å²) in [5.41, 5.74) is 0. The third kappa shape index (κ3) is 9.21. The maximum absolute atomic E-state index is 12.3. The van der Waals surface area contributed by atoms with Crippen LogP contribution in [0, 0.1) is 0 Å². The lowest BCUT2D eigenvalue weighted by atomic mass is 9.94. The zero-order valence-corrected chi connectivity index (χ0v) is 26.3. The van der Waals surface area contributed by atoms with Gasteiger partial charge in [-0.1, -0.05) is 18.2 Å². The van der Waals surface area contributed by atoms with Gasteiger partial charge in [0.05, 0.1) is 30.8 Å². The standard InChI is InChI=1S/C28H45NO17S/c1-13-18(31)26(46-28-25(38)22(35)19(32)15(10-30)44-28)21(34)17(43-13)12-42-27-24(37)23(36)20(33)16(45-27)11-41-9-5-8-29-47(39,40)14-6-3-2-4-7-14/h2-4,6-7,13,15-38H,5,8-12H2,1H3. The first-order valence-corrected chi connectivity index (χ1v) is 16.7. The quantitative estimate of drug-likeness (QED) is 0.0813. The minimum Gasteiger partial charge on any atom is -0.394 e. The average Bonchev–Trinajstić information content (AvgIpc) is 3.06. The van der Waals surface area contributed by atoms with Crippen LogP contribution in [0.25, 0.3) is 0 Å². The van der Waals surface area contributed by atoms with E-state index in [2.05, 4.69) is 4.72 Å². The summed E-state index contributed by atoms with van der Waals surface area (Å²) >= 11 is 0. The first kappa shape index (κ1) is 38.3. The molecule has 3 fully saturated rings. The first-order valence-electron chi connectivity index (χ1n) is 15.2. The molecule has 270 valence electrons. The SMILES string of the molecule is CC1OC(COC2OC(COCCCNS(=O)(=O)c3ccccc3)C(O)C(O)C2O)C(O)C(OC2OC(CO)C(O)C(O)C2O)C1O. The molecular formula is C28H45NO17S. The molecule has 0 aromatic heterocycles. The second kappa shape index (κ2) is 17.0. The highest BCUT2D eigenvalue weighted by Gasteiger charge is 2.51. The van der Waals surface area contributed by atoms with Gasteiger partial charge in [-0.15, -0.1) is 0 Å². The number of ether oxygens (including phenoxy) is 6. The summed E-state index contributed by atoms with van der Waals surface area (Å²) in [6.07, 6.45) is -22.3. The van der Waals surface area contributed by atoms with E-state index in [1.165, 1.54) is 19.1 Å². The molecule has 0 spiro atoms. The molecule has 19 heteroatoms. The van der Waals surface area contributed by atoms with Crippen LogP contribution in [-0.2, 0) is 38.4 Å². The van der Waals surface area contributed by atoms with E-state index in [1.54, 1.807) is 18.2 Å². The Morgan fingerprint density at radius 1 is 0.723 bits per heavy atom. The van der Waals surface area contributed by atoms with Crippen molar-refractivity contribution in [3.8, 4) is 0 Å². The van der Waals surface area contributed by atoms with Gasteiger partial charge in [-0.25, -0.2) is 13.1 Å². The van der Waals surface area contributed by atoms with Crippen LogP contribution in [0.5, 0.6) is 0 Å². The van der Waals surface area contributed by atoms with E-state index < -0.39 is 115 Å². The number of nitrogens with one attached hydrogen (secondary N) is 1. The van der Waals surface area contributed by atoms with Crippen molar-refractivity contribution >= 4 is 10.0 Å². The summed E-state index contributed by atoms with van der Waals surface area (Å²) in [5, 5.41) is 92.7. The minimum atomic E-state index is -3.69. The molecule has 0 aliphatic carbocycles. The van der Waals surface area contributed by atoms with Gasteiger partial charge in [-0.05, 0) is 25.5 Å². The third-order valence-corrected chi connectivity index (χ3v) is 9.73. The van der Waals surface area contributed by atoms with E-state index >= 15 is 0 Å². The summed E-state index contributed by atoms with van der Waals surface area (Å²) in [5.74, 6) is 0. The van der Waals surface area contributed by atoms with E-state index in [4.69, 9.17) is 28.4 Å². The van der Waals surface area contributed by atoms with Gasteiger partial charge in [0.2, 0.25) is 10.0 Å². The fourth-order valence-corrected chi connectivity index (χ4v) is 6.49. The Hall–Kier alpha value is -1.47. The molecule has 0 radical (unpaired) electrons. The highest BCUT2D eigenvalue weighted by Crippen LogP contribution is 2.30. The Morgan fingerprint density at radius 3 is 1.98 bits per heavy atom. The first-order chi connectivity index (χ1) is 22.3. The van der Waals surface area contributed by atoms with E-state index in [1.807, 2.05) is 0 Å². The monoisotopic (exact) mass is 699 g/mol. The van der Waals surface area contributed by atoms with Crippen molar-refractivity contribution in [2.24, 2.45) is 0 Å². The minimum absolute atomic E-state index is 0.0617. The van der Waals surface area contributed by atoms with E-state index in [-0.39, 0.29) is 31.1 Å². The van der Waals surface area contributed by atoms with Crippen LogP contribution in [0.15, 0.2) is 35.2 Å². The van der Waals surface area contributed by atoms with E-state index in [9.17, 15) is 54.4 Å². The third-order valence-electron chi connectivity index (χ3n) is 8.25. The van der Waals surface area contributed by atoms with Crippen molar-refractivity contribution < 1.29 is 82.8 Å². The highest BCUT2D eigenvalue weighted by molar-refractivity contribution is 7.89. The molecule has 3 heterocycles. The number of sulfonamides is 1. The van der Waals surface area contributed by atoms with Gasteiger partial charge in [0, 0.05) is 13.2 Å². The predicted octanol–water partition coefficient (Wildman–Crippen LogP) is -5.11. The molecule has 0 bridgehead atoms. The molecule has 1 aromatic carbocycles. The molecule has 18 nitrogen and oxygen atoms in total. The van der Waals surface area contributed by atoms with Crippen molar-refractivity contribution in [2.45, 2.75) is 110 Å². The van der Waals surface area contributed by atoms with Crippen molar-refractivity contribution in [2.75, 3.05) is 33.0 Å². The van der Waals surface area contributed by atoms with Gasteiger partial charge in [0.25, 0.3) is 0 Å². The zero-order chi connectivity index (χ0) is 34.5. The number of aliphatic hydroxyl groups is 9. The van der Waals surface area contributed by atoms with Crippen LogP contribution in [0.3, 0.4) is 0 Å². The van der Waals surface area contributed by atoms with Crippen LogP contribution in [0.2, 0.25) is 0 Å². The van der Waals surface area contributed by atoms with Crippen molar-refractivity contribution in [3.63, 3.8) is 0 Å². The molecule has 15 atom stereocenters. The molecular weight excluding hydrogens is 654 g/mol. The lowest BCUT2D eigenvalue weighted by Crippen LogP contribution is -2.64. The summed E-state index contributed by atoms with van der Waals surface area (Å²) < 4.78 is 60.3. The second-order valence-electron chi connectivity index (χ2n) is 11.6. The predicted molar refractivity (Wildman–Crippen MR) is 155 cm³/mol. The second-order valence-corrected chi connectivity index (χ2v) is 13.4. The molecule has 15 unspecified atom stereocenters. The normalized spacial score (nSPS) is 41.5. The summed E-state index contributed by atoms with van der Waals surface area (Å²) in [6, 6.07) is 7.81. The number of hydrogen-bond donors (Lipinski definition) is 10. The fourth-order valence-electron chi connectivity index (χ4n) is 5.40. The highest BCUT2D eigenvalue weighted by atomic mass is 32.2. The summed E-state index contributed by atoms with van der Waals surface area (Å²) in [4.78, 5) is 0.117. The lowest BCUT2D eigenvalue weighted by Gasteiger charge is -2.46. The van der Waals surface area contributed by atoms with Gasteiger partial charge < -0.3 is 74.4 Å². The Labute approximate surface area is 271 Å². The van der Waals surface area contributed by atoms with Crippen LogP contribution >= 0.6 is 0 Å². The Kier molecular flexibility index (Phi) is 13.8. The van der Waals surface area contributed by atoms with Gasteiger partial charge in [-0.3, -0.25) is 0 Å². The zero-order valence-electron chi connectivity index (χ0n) is 25.5. The number of benzene rings is 1. The molecule has 0 saturated carbocycles. The van der Waals surface area contributed by atoms with Crippen LogP contribution in [0.1, 0.15) is 13.3 Å². The molecule has 10 N–H and O–H groups in total. The van der Waals surface area contributed by atoms with Gasteiger partial charge >= 0.3 is 0 Å². The Morgan fingerprint density at radius 2 is 1.32 bits per heavy atom. The Balaban J connectivity index is 1.27. The summed E-state index contributed by atoms with van der Waals surface area (Å²) in [6.45, 7) is 0.133. The summed E-state index contributed by atoms with van der Waals surface area (Å²) in [7, 11) is -3.69. The molecule has 3 aliphatic heterocycles. The van der Waals surface area contributed by atoms with Crippen LogP contribution in [-0.4, -0.2) is 179 Å². The fraction of sp³-hybridized carbons (Fsp3) is 0.786. The van der Waals surface area contributed by atoms with Gasteiger partial charge in [-0.2, -0.15) is 0 Å². The van der Waals surface area contributed by atoms with Gasteiger partial charge in [0.1, 0.15) is 73.2 Å². The molecule has 47 heavy (non-hydrogen) atoms. The van der Waals surface area contributed by atoms with Crippen molar-refractivity contribution in [1.29, 1.82) is 0 Å². The lowest BCUT2D eigenvalue weighted by molar-refractivity contribution is -0.346. The molecule has 1 aromatic rings. The number of aliphatic hydroxyl groups excluding tert-OH is 9. The Bertz CT molecular complexity index is 1200. The van der Waals surface area contributed by atoms with E-state index in [0.29, 0.717) is 0 Å². The maximum Gasteiger partial charge on any atom is 0.240 e. The average molecular weight is 700 g/mol. The van der Waals surface area contributed by atoms with E-state index in [0.717, 1.165) is 0 Å². The van der Waals surface area contributed by atoms with Gasteiger partial charge in [0.15, 0.2) is 12.6 Å². The molecule has 0 amide bonds.